The number of hydrogen-bond acceptors (Lipinski definition) is 4. The van der Waals surface area contributed by atoms with Gasteiger partial charge in [-0.2, -0.15) is 0 Å². The molecule has 7 heteroatoms. The maximum Gasteiger partial charge on any atom is 0.253 e. The van der Waals surface area contributed by atoms with Crippen LogP contribution < -0.4 is 14.8 Å². The lowest BCUT2D eigenvalue weighted by Gasteiger charge is -2.23. The number of aliphatic imine (C=N–C) groups is 1. The average Bonchev–Trinajstić information content (AvgIpc) is 2.82. The predicted octanol–water partition coefficient (Wildman–Crippen LogP) is 3.78. The molecule has 0 aliphatic heterocycles. The summed E-state index contributed by atoms with van der Waals surface area (Å²) in [6.45, 7) is 9.36. The third-order valence-electron chi connectivity index (χ3n) is 5.26. The molecule has 1 amide bonds. The second-order valence-electron chi connectivity index (χ2n) is 7.38. The van der Waals surface area contributed by atoms with Crippen molar-refractivity contribution >= 4 is 11.9 Å². The number of amides is 1. The van der Waals surface area contributed by atoms with Gasteiger partial charge < -0.3 is 24.6 Å². The molecule has 1 N–H and O–H groups in total. The van der Waals surface area contributed by atoms with Gasteiger partial charge in [0.1, 0.15) is 11.5 Å². The monoisotopic (exact) mass is 440 g/mol. The number of guanidine groups is 1. The van der Waals surface area contributed by atoms with Crippen LogP contribution in [0.4, 0.5) is 0 Å². The van der Waals surface area contributed by atoms with Crippen LogP contribution in [-0.2, 0) is 13.1 Å². The van der Waals surface area contributed by atoms with Crippen molar-refractivity contribution in [2.24, 2.45) is 4.99 Å². The fourth-order valence-electron chi connectivity index (χ4n) is 3.39. The predicted molar refractivity (Wildman–Crippen MR) is 130 cm³/mol. The fourth-order valence-corrected chi connectivity index (χ4v) is 3.39. The summed E-state index contributed by atoms with van der Waals surface area (Å²) in [6.07, 6.45) is 0. The summed E-state index contributed by atoms with van der Waals surface area (Å²) in [7, 11) is 5.30. The van der Waals surface area contributed by atoms with Crippen molar-refractivity contribution in [3.05, 3.63) is 59.2 Å². The molecule has 0 fully saturated rings. The lowest BCUT2D eigenvalue weighted by molar-refractivity contribution is 0.0773. The Kier molecular flexibility index (Phi) is 9.85. The first kappa shape index (κ1) is 25.0. The van der Waals surface area contributed by atoms with Gasteiger partial charge in [0.2, 0.25) is 0 Å². The SMILES string of the molecule is CCNC(=NCc1ccc(C(=O)N(CC)CC)cc1)N(C)Cc1ccc(OC)cc1OC. The number of methoxy groups -OCH3 is 2. The molecule has 0 saturated carbocycles. The van der Waals surface area contributed by atoms with Gasteiger partial charge in [-0.3, -0.25) is 4.79 Å². The van der Waals surface area contributed by atoms with E-state index >= 15 is 0 Å². The lowest BCUT2D eigenvalue weighted by atomic mass is 10.1. The minimum Gasteiger partial charge on any atom is -0.497 e. The maximum atomic E-state index is 12.5. The summed E-state index contributed by atoms with van der Waals surface area (Å²) in [6, 6.07) is 13.5. The number of benzene rings is 2. The van der Waals surface area contributed by atoms with Gasteiger partial charge >= 0.3 is 0 Å². The Hall–Kier alpha value is -3.22. The van der Waals surface area contributed by atoms with Crippen molar-refractivity contribution in [3.63, 3.8) is 0 Å². The van der Waals surface area contributed by atoms with E-state index in [-0.39, 0.29) is 5.91 Å². The van der Waals surface area contributed by atoms with Crippen LogP contribution in [-0.4, -0.2) is 62.6 Å². The van der Waals surface area contributed by atoms with E-state index < -0.39 is 0 Å². The van der Waals surface area contributed by atoms with Crippen molar-refractivity contribution in [2.45, 2.75) is 33.9 Å². The molecule has 174 valence electrons. The van der Waals surface area contributed by atoms with E-state index in [2.05, 4.69) is 10.2 Å². The Morgan fingerprint density at radius 2 is 1.69 bits per heavy atom. The number of nitrogens with zero attached hydrogens (tertiary/aromatic N) is 3. The summed E-state index contributed by atoms with van der Waals surface area (Å²) >= 11 is 0. The number of carbonyl (C=O) groups excluding carboxylic acids is 1. The quantitative estimate of drug-likeness (QED) is 0.450. The number of carbonyl (C=O) groups is 1. The average molecular weight is 441 g/mol. The van der Waals surface area contributed by atoms with Gasteiger partial charge in [-0.05, 0) is 50.6 Å². The van der Waals surface area contributed by atoms with Crippen LogP contribution in [0.3, 0.4) is 0 Å². The highest BCUT2D eigenvalue weighted by Gasteiger charge is 2.13. The molecule has 0 unspecified atom stereocenters. The Labute approximate surface area is 192 Å². The van der Waals surface area contributed by atoms with E-state index in [9.17, 15) is 4.79 Å². The summed E-state index contributed by atoms with van der Waals surface area (Å²) in [5.41, 5.74) is 2.80. The molecule has 32 heavy (non-hydrogen) atoms. The second kappa shape index (κ2) is 12.6. The van der Waals surface area contributed by atoms with E-state index in [0.29, 0.717) is 31.7 Å². The topological polar surface area (TPSA) is 66.4 Å². The highest BCUT2D eigenvalue weighted by Crippen LogP contribution is 2.25. The number of hydrogen-bond donors (Lipinski definition) is 1. The minimum absolute atomic E-state index is 0.0616. The largest absolute Gasteiger partial charge is 0.497 e. The van der Waals surface area contributed by atoms with Crippen LogP contribution in [0.1, 0.15) is 42.3 Å². The van der Waals surface area contributed by atoms with E-state index in [4.69, 9.17) is 14.5 Å². The molecule has 0 atom stereocenters. The van der Waals surface area contributed by atoms with E-state index in [1.54, 1.807) is 14.2 Å². The van der Waals surface area contributed by atoms with E-state index in [1.165, 1.54) is 0 Å². The normalized spacial score (nSPS) is 11.1. The zero-order valence-electron chi connectivity index (χ0n) is 20.1. The first-order valence-corrected chi connectivity index (χ1v) is 11.1. The van der Waals surface area contributed by atoms with Crippen LogP contribution in [0.25, 0.3) is 0 Å². The van der Waals surface area contributed by atoms with Crippen molar-refractivity contribution in [2.75, 3.05) is 40.9 Å². The fraction of sp³-hybridized carbons (Fsp3) is 0.440. The van der Waals surface area contributed by atoms with Gasteiger partial charge in [0.15, 0.2) is 5.96 Å². The molecule has 0 aliphatic rings. The van der Waals surface area contributed by atoms with Crippen LogP contribution in [0.2, 0.25) is 0 Å². The van der Waals surface area contributed by atoms with E-state index in [1.807, 2.05) is 75.2 Å². The zero-order chi connectivity index (χ0) is 23.5. The molecule has 0 saturated heterocycles. The maximum absolute atomic E-state index is 12.5. The summed E-state index contributed by atoms with van der Waals surface area (Å²) in [5, 5.41) is 3.34. The first-order chi connectivity index (χ1) is 15.5. The molecule has 0 aromatic heterocycles. The second-order valence-corrected chi connectivity index (χ2v) is 7.38. The summed E-state index contributed by atoms with van der Waals surface area (Å²) < 4.78 is 10.8. The molecule has 2 rings (SSSR count). The Morgan fingerprint density at radius 1 is 1.00 bits per heavy atom. The Bertz CT molecular complexity index is 893. The van der Waals surface area contributed by atoms with Crippen molar-refractivity contribution in [1.29, 1.82) is 0 Å². The Morgan fingerprint density at radius 3 is 2.25 bits per heavy atom. The Balaban J connectivity index is 2.11. The van der Waals surface area contributed by atoms with Gasteiger partial charge in [-0.15, -0.1) is 0 Å². The van der Waals surface area contributed by atoms with Crippen molar-refractivity contribution in [3.8, 4) is 11.5 Å². The minimum atomic E-state index is 0.0616. The highest BCUT2D eigenvalue weighted by atomic mass is 16.5. The van der Waals surface area contributed by atoms with Crippen LogP contribution in [0, 0.1) is 0 Å². The van der Waals surface area contributed by atoms with Gasteiger partial charge in [-0.1, -0.05) is 12.1 Å². The van der Waals surface area contributed by atoms with Gasteiger partial charge in [-0.25, -0.2) is 4.99 Å². The van der Waals surface area contributed by atoms with Gasteiger partial charge in [0, 0.05) is 50.4 Å². The highest BCUT2D eigenvalue weighted by molar-refractivity contribution is 5.94. The van der Waals surface area contributed by atoms with Crippen molar-refractivity contribution < 1.29 is 14.3 Å². The first-order valence-electron chi connectivity index (χ1n) is 11.1. The summed E-state index contributed by atoms with van der Waals surface area (Å²) in [5.74, 6) is 2.40. The molecular formula is C25H36N4O3. The van der Waals surface area contributed by atoms with Gasteiger partial charge in [0.25, 0.3) is 5.91 Å². The number of rotatable bonds is 10. The van der Waals surface area contributed by atoms with Crippen LogP contribution >= 0.6 is 0 Å². The van der Waals surface area contributed by atoms with Crippen molar-refractivity contribution in [1.82, 2.24) is 15.1 Å². The van der Waals surface area contributed by atoms with Gasteiger partial charge in [0.05, 0.1) is 20.8 Å². The molecule has 0 heterocycles. The molecule has 2 aromatic carbocycles. The van der Waals surface area contributed by atoms with Crippen LogP contribution in [0.15, 0.2) is 47.5 Å². The molecule has 7 nitrogen and oxygen atoms in total. The molecule has 0 bridgehead atoms. The number of ether oxygens (including phenoxy) is 2. The molecular weight excluding hydrogens is 404 g/mol. The molecule has 0 aliphatic carbocycles. The molecule has 0 radical (unpaired) electrons. The third kappa shape index (κ3) is 6.64. The number of nitrogens with one attached hydrogen (secondary N) is 1. The zero-order valence-corrected chi connectivity index (χ0v) is 20.1. The summed E-state index contributed by atoms with van der Waals surface area (Å²) in [4.78, 5) is 21.2. The smallest absolute Gasteiger partial charge is 0.253 e. The lowest BCUT2D eigenvalue weighted by Crippen LogP contribution is -2.38. The standard InChI is InChI=1S/C25H36N4O3/c1-7-26-25(28(4)18-21-14-15-22(31-5)16-23(21)32-6)27-17-19-10-12-20(13-11-19)24(30)29(8-2)9-3/h10-16H,7-9,17-18H2,1-6H3,(H,26,27). The van der Waals surface area contributed by atoms with E-state index in [0.717, 1.165) is 35.1 Å². The van der Waals surface area contributed by atoms with Crippen LogP contribution in [0.5, 0.6) is 11.5 Å². The molecule has 2 aromatic rings. The third-order valence-corrected chi connectivity index (χ3v) is 5.26. The molecule has 0 spiro atoms.